The van der Waals surface area contributed by atoms with Crippen molar-refractivity contribution in [3.05, 3.63) is 23.8 Å². The van der Waals surface area contributed by atoms with E-state index >= 15 is 0 Å². The number of aromatic nitrogens is 2. The van der Waals surface area contributed by atoms with Crippen LogP contribution in [0.3, 0.4) is 0 Å². The number of amides is 1. The van der Waals surface area contributed by atoms with Crippen molar-refractivity contribution in [2.45, 2.75) is 63.0 Å². The van der Waals surface area contributed by atoms with Crippen LogP contribution in [-0.4, -0.2) is 32.4 Å². The normalized spacial score (nSPS) is 30.2. The van der Waals surface area contributed by atoms with Crippen LogP contribution >= 0.6 is 0 Å². The lowest BCUT2D eigenvalue weighted by Crippen LogP contribution is -2.53. The van der Waals surface area contributed by atoms with Gasteiger partial charge in [0.05, 0.1) is 34.4 Å². The summed E-state index contributed by atoms with van der Waals surface area (Å²) in [6.07, 6.45) is 2.65. The SMILES string of the molecule is CC(C)(O)c1ccc2nc(NC(=O)C3C4C3C(F)(F)C4(F)F)n(C3(C)CCC3)c2c1. The van der Waals surface area contributed by atoms with E-state index in [2.05, 4.69) is 10.3 Å². The van der Waals surface area contributed by atoms with Gasteiger partial charge in [0, 0.05) is 5.54 Å². The van der Waals surface area contributed by atoms with Crippen LogP contribution in [-0.2, 0) is 15.9 Å². The average molecular weight is 425 g/mol. The number of nitrogens with zero attached hydrogens (tertiary/aromatic N) is 2. The Bertz CT molecular complexity index is 1050. The molecule has 0 bridgehead atoms. The molecule has 0 aliphatic heterocycles. The molecule has 3 aliphatic carbocycles. The second-order valence-corrected chi connectivity index (χ2v) is 9.70. The zero-order valence-electron chi connectivity index (χ0n) is 16.8. The minimum absolute atomic E-state index is 0.169. The summed E-state index contributed by atoms with van der Waals surface area (Å²) in [7, 11) is 0. The van der Waals surface area contributed by atoms with Crippen LogP contribution in [0.4, 0.5) is 23.5 Å². The third kappa shape index (κ3) is 2.38. The fourth-order valence-electron chi connectivity index (χ4n) is 5.08. The molecule has 5 rings (SSSR count). The minimum Gasteiger partial charge on any atom is -0.386 e. The average Bonchev–Trinajstić information content (AvgIpc) is 3.27. The predicted octanol–water partition coefficient (Wildman–Crippen LogP) is 4.25. The maximum Gasteiger partial charge on any atom is 0.314 e. The molecule has 9 heteroatoms. The Hall–Kier alpha value is -2.16. The summed E-state index contributed by atoms with van der Waals surface area (Å²) in [5, 5.41) is 12.9. The molecule has 0 radical (unpaired) electrons. The number of benzene rings is 1. The topological polar surface area (TPSA) is 67.2 Å². The number of carbonyl (C=O) groups excluding carboxylic acids is 1. The first-order valence-corrected chi connectivity index (χ1v) is 10.1. The smallest absolute Gasteiger partial charge is 0.314 e. The summed E-state index contributed by atoms with van der Waals surface area (Å²) in [4.78, 5) is 17.1. The summed E-state index contributed by atoms with van der Waals surface area (Å²) >= 11 is 0. The molecule has 3 saturated carbocycles. The number of nitrogens with one attached hydrogen (secondary N) is 1. The van der Waals surface area contributed by atoms with Crippen molar-refractivity contribution in [2.75, 3.05) is 5.32 Å². The maximum absolute atomic E-state index is 13.6. The van der Waals surface area contributed by atoms with Crippen LogP contribution in [0.25, 0.3) is 11.0 Å². The third-order valence-electron chi connectivity index (χ3n) is 7.17. The van der Waals surface area contributed by atoms with Crippen LogP contribution in [0.5, 0.6) is 0 Å². The molecular weight excluding hydrogens is 402 g/mol. The Balaban J connectivity index is 1.52. The van der Waals surface area contributed by atoms with Crippen LogP contribution < -0.4 is 5.32 Å². The van der Waals surface area contributed by atoms with Gasteiger partial charge in [0.1, 0.15) is 0 Å². The second-order valence-electron chi connectivity index (χ2n) is 9.70. The first-order chi connectivity index (χ1) is 13.8. The number of rotatable bonds is 4. The van der Waals surface area contributed by atoms with Crippen molar-refractivity contribution in [2.24, 2.45) is 17.8 Å². The van der Waals surface area contributed by atoms with Gasteiger partial charge >= 0.3 is 11.8 Å². The number of aliphatic hydroxyl groups is 1. The molecule has 2 atom stereocenters. The molecule has 1 heterocycles. The van der Waals surface area contributed by atoms with Crippen LogP contribution in [0.15, 0.2) is 18.2 Å². The number of fused-ring (bicyclic) bond motifs is 2. The van der Waals surface area contributed by atoms with E-state index in [1.54, 1.807) is 32.0 Å². The van der Waals surface area contributed by atoms with Gasteiger partial charge in [0.2, 0.25) is 11.9 Å². The van der Waals surface area contributed by atoms with Crippen molar-refractivity contribution in [3.63, 3.8) is 0 Å². The van der Waals surface area contributed by atoms with Gasteiger partial charge < -0.3 is 9.67 Å². The molecule has 0 saturated heterocycles. The lowest BCUT2D eigenvalue weighted by molar-refractivity contribution is -0.285. The summed E-state index contributed by atoms with van der Waals surface area (Å²) in [6, 6.07) is 5.25. The quantitative estimate of drug-likeness (QED) is 0.720. The third-order valence-corrected chi connectivity index (χ3v) is 7.17. The Kier molecular flexibility index (Phi) is 3.66. The Morgan fingerprint density at radius 3 is 2.30 bits per heavy atom. The zero-order valence-corrected chi connectivity index (χ0v) is 16.8. The predicted molar refractivity (Wildman–Crippen MR) is 101 cm³/mol. The lowest BCUT2D eigenvalue weighted by Gasteiger charge is -2.41. The van der Waals surface area contributed by atoms with E-state index in [-0.39, 0.29) is 11.5 Å². The molecule has 3 aliphatic rings. The standard InChI is InChI=1S/C21H23F4N3O2/c1-18(2,30)10-5-6-11-12(9-10)28(19(3)7-4-8-19)17(26-11)27-16(29)13-14-15(13)21(24,25)20(14,22)23/h5-6,9,13-15,30H,4,7-8H2,1-3H3,(H,26,27,29). The van der Waals surface area contributed by atoms with Gasteiger partial charge in [0.15, 0.2) is 0 Å². The number of imidazole rings is 1. The molecule has 1 aromatic carbocycles. The number of carbonyl (C=O) groups is 1. The van der Waals surface area contributed by atoms with E-state index < -0.39 is 41.1 Å². The summed E-state index contributed by atoms with van der Waals surface area (Å²) in [5.74, 6) is -13.6. The number of halogens is 4. The van der Waals surface area contributed by atoms with Crippen LogP contribution in [0, 0.1) is 17.8 Å². The van der Waals surface area contributed by atoms with Gasteiger partial charge in [-0.05, 0) is 57.7 Å². The van der Waals surface area contributed by atoms with Crippen molar-refractivity contribution in [3.8, 4) is 0 Å². The van der Waals surface area contributed by atoms with Gasteiger partial charge in [-0.2, -0.15) is 17.6 Å². The minimum atomic E-state index is -4.14. The van der Waals surface area contributed by atoms with E-state index in [4.69, 9.17) is 0 Å². The number of hydrogen-bond acceptors (Lipinski definition) is 3. The second kappa shape index (κ2) is 5.55. The summed E-state index contributed by atoms with van der Waals surface area (Å²) < 4.78 is 56.2. The van der Waals surface area contributed by atoms with Gasteiger partial charge in [-0.3, -0.25) is 10.1 Å². The number of alkyl halides is 4. The van der Waals surface area contributed by atoms with E-state index in [0.717, 1.165) is 19.3 Å². The van der Waals surface area contributed by atoms with Gasteiger partial charge in [-0.15, -0.1) is 0 Å². The molecule has 2 aromatic rings. The summed E-state index contributed by atoms with van der Waals surface area (Å²) in [6.45, 7) is 5.32. The van der Waals surface area contributed by atoms with Gasteiger partial charge in [0.25, 0.3) is 0 Å². The van der Waals surface area contributed by atoms with Crippen LogP contribution in [0.1, 0.15) is 45.6 Å². The Morgan fingerprint density at radius 1 is 1.20 bits per heavy atom. The fourth-order valence-corrected chi connectivity index (χ4v) is 5.08. The first kappa shape index (κ1) is 19.8. The maximum atomic E-state index is 13.6. The van der Waals surface area contributed by atoms with Gasteiger partial charge in [-0.25, -0.2) is 4.98 Å². The lowest BCUT2D eigenvalue weighted by atomic mass is 9.78. The van der Waals surface area contributed by atoms with E-state index in [9.17, 15) is 27.5 Å². The molecule has 162 valence electrons. The van der Waals surface area contributed by atoms with Gasteiger partial charge in [-0.1, -0.05) is 6.07 Å². The molecule has 2 unspecified atom stereocenters. The van der Waals surface area contributed by atoms with Crippen molar-refractivity contribution in [1.82, 2.24) is 9.55 Å². The zero-order chi connectivity index (χ0) is 21.9. The first-order valence-electron chi connectivity index (χ1n) is 10.1. The molecule has 30 heavy (non-hydrogen) atoms. The molecule has 2 N–H and O–H groups in total. The monoisotopic (exact) mass is 425 g/mol. The highest BCUT2D eigenvalue weighted by atomic mass is 19.3. The molecule has 5 nitrogen and oxygen atoms in total. The molecule has 3 fully saturated rings. The van der Waals surface area contributed by atoms with Crippen molar-refractivity contribution >= 4 is 22.9 Å². The molecule has 1 aromatic heterocycles. The van der Waals surface area contributed by atoms with Crippen LogP contribution in [0.2, 0.25) is 0 Å². The Labute approximate surface area is 170 Å². The highest BCUT2D eigenvalue weighted by molar-refractivity contribution is 5.96. The number of anilines is 1. The number of hydrogen-bond donors (Lipinski definition) is 2. The summed E-state index contributed by atoms with van der Waals surface area (Å²) in [5.41, 5.74) is 0.503. The molecular formula is C21H23F4N3O2. The largest absolute Gasteiger partial charge is 0.386 e. The van der Waals surface area contributed by atoms with Crippen molar-refractivity contribution in [1.29, 1.82) is 0 Å². The van der Waals surface area contributed by atoms with Crippen molar-refractivity contribution < 1.29 is 27.5 Å². The highest BCUT2D eigenvalue weighted by Gasteiger charge is 2.93. The Morgan fingerprint density at radius 2 is 1.80 bits per heavy atom. The van der Waals surface area contributed by atoms with E-state index in [0.29, 0.717) is 16.6 Å². The molecule has 1 amide bonds. The van der Waals surface area contributed by atoms with E-state index in [1.807, 2.05) is 11.5 Å². The molecule has 0 spiro atoms. The fraction of sp³-hybridized carbons (Fsp3) is 0.619. The highest BCUT2D eigenvalue weighted by Crippen LogP contribution is 2.76. The van der Waals surface area contributed by atoms with E-state index in [1.165, 1.54) is 0 Å².